The lowest BCUT2D eigenvalue weighted by molar-refractivity contribution is 0.171. The third kappa shape index (κ3) is 4.61. The molecule has 2 aromatic rings. The van der Waals surface area contributed by atoms with Crippen molar-refractivity contribution in [3.05, 3.63) is 53.6 Å². The molecule has 0 saturated carbocycles. The Labute approximate surface area is 161 Å². The number of sulfonamides is 1. The van der Waals surface area contributed by atoms with Gasteiger partial charge in [0.25, 0.3) is 0 Å². The van der Waals surface area contributed by atoms with Crippen LogP contribution in [0.25, 0.3) is 0 Å². The number of nitrogens with one attached hydrogen (secondary N) is 1. The van der Waals surface area contributed by atoms with Crippen LogP contribution in [0.3, 0.4) is 0 Å². The molecule has 0 saturated heterocycles. The zero-order chi connectivity index (χ0) is 19.4. The lowest BCUT2D eigenvalue weighted by atomic mass is 10.2. The molecular formula is C20H26N2O4S. The topological polar surface area (TPSA) is 67.9 Å². The van der Waals surface area contributed by atoms with Crippen molar-refractivity contribution in [2.75, 3.05) is 20.3 Å². The molecule has 3 rings (SSSR count). The maximum Gasteiger partial charge on any atom is 0.243 e. The number of benzene rings is 2. The smallest absolute Gasteiger partial charge is 0.243 e. The van der Waals surface area contributed by atoms with Crippen LogP contribution < -0.4 is 14.8 Å². The first-order chi connectivity index (χ1) is 12.9. The monoisotopic (exact) mass is 390 g/mol. The summed E-state index contributed by atoms with van der Waals surface area (Å²) in [5, 5.41) is 3.37. The molecule has 0 atom stereocenters. The lowest BCUT2D eigenvalue weighted by Crippen LogP contribution is -2.33. The van der Waals surface area contributed by atoms with Crippen molar-refractivity contribution >= 4 is 10.0 Å². The number of rotatable bonds is 7. The van der Waals surface area contributed by atoms with E-state index in [2.05, 4.69) is 5.32 Å². The summed E-state index contributed by atoms with van der Waals surface area (Å²) in [6.07, 6.45) is 0. The largest absolute Gasteiger partial charge is 0.486 e. The van der Waals surface area contributed by atoms with Crippen LogP contribution in [-0.4, -0.2) is 39.0 Å². The number of hydrogen-bond donors (Lipinski definition) is 1. The minimum Gasteiger partial charge on any atom is -0.486 e. The van der Waals surface area contributed by atoms with Crippen LogP contribution in [0.15, 0.2) is 47.4 Å². The quantitative estimate of drug-likeness (QED) is 0.787. The minimum atomic E-state index is -3.44. The SMILES string of the molecule is CC(C)N(C)S(=O)(=O)c1ccc(CNCc2ccc3c(c2)OCCO3)cc1. The summed E-state index contributed by atoms with van der Waals surface area (Å²) in [5.74, 6) is 1.57. The van der Waals surface area contributed by atoms with Gasteiger partial charge in [0.2, 0.25) is 10.0 Å². The van der Waals surface area contributed by atoms with Crippen LogP contribution in [0, 0.1) is 0 Å². The molecule has 0 aliphatic carbocycles. The van der Waals surface area contributed by atoms with E-state index in [1.54, 1.807) is 19.2 Å². The Morgan fingerprint density at radius 1 is 0.963 bits per heavy atom. The second-order valence-electron chi connectivity index (χ2n) is 6.84. The molecule has 0 aromatic heterocycles. The van der Waals surface area contributed by atoms with Crippen molar-refractivity contribution in [1.29, 1.82) is 0 Å². The first kappa shape index (κ1) is 19.7. The van der Waals surface area contributed by atoms with Gasteiger partial charge in [-0.2, -0.15) is 4.31 Å². The van der Waals surface area contributed by atoms with Gasteiger partial charge in [-0.3, -0.25) is 0 Å². The zero-order valence-corrected chi connectivity index (χ0v) is 16.8. The van der Waals surface area contributed by atoms with E-state index >= 15 is 0 Å². The van der Waals surface area contributed by atoms with Crippen LogP contribution in [0.5, 0.6) is 11.5 Å². The van der Waals surface area contributed by atoms with E-state index in [4.69, 9.17) is 9.47 Å². The van der Waals surface area contributed by atoms with Crippen molar-refractivity contribution < 1.29 is 17.9 Å². The number of ether oxygens (including phenoxy) is 2. The molecule has 0 bridgehead atoms. The highest BCUT2D eigenvalue weighted by molar-refractivity contribution is 7.89. The van der Waals surface area contributed by atoms with Gasteiger partial charge in [0.15, 0.2) is 11.5 Å². The standard InChI is InChI=1S/C20H26N2O4S/c1-15(2)22(3)27(23,24)18-7-4-16(5-8-18)13-21-14-17-6-9-19-20(12-17)26-11-10-25-19/h4-9,12,15,21H,10-11,13-14H2,1-3H3. The summed E-state index contributed by atoms with van der Waals surface area (Å²) in [4.78, 5) is 0.314. The highest BCUT2D eigenvalue weighted by atomic mass is 32.2. The van der Waals surface area contributed by atoms with E-state index in [-0.39, 0.29) is 6.04 Å². The van der Waals surface area contributed by atoms with Gasteiger partial charge in [-0.1, -0.05) is 18.2 Å². The molecule has 0 fully saturated rings. The summed E-state index contributed by atoms with van der Waals surface area (Å²) < 4.78 is 37.5. The van der Waals surface area contributed by atoms with E-state index in [0.717, 1.165) is 22.6 Å². The average Bonchev–Trinajstić information content (AvgIpc) is 2.67. The van der Waals surface area contributed by atoms with Crippen LogP contribution >= 0.6 is 0 Å². The first-order valence-corrected chi connectivity index (χ1v) is 10.5. The van der Waals surface area contributed by atoms with Gasteiger partial charge in [-0.25, -0.2) is 8.42 Å². The van der Waals surface area contributed by atoms with Crippen LogP contribution in [-0.2, 0) is 23.1 Å². The predicted molar refractivity (Wildman–Crippen MR) is 105 cm³/mol. The summed E-state index contributed by atoms with van der Waals surface area (Å²) >= 11 is 0. The molecular weight excluding hydrogens is 364 g/mol. The third-order valence-corrected chi connectivity index (χ3v) is 6.64. The first-order valence-electron chi connectivity index (χ1n) is 9.04. The maximum atomic E-state index is 12.5. The van der Waals surface area contributed by atoms with E-state index < -0.39 is 10.0 Å². The lowest BCUT2D eigenvalue weighted by Gasteiger charge is -2.21. The Hall–Kier alpha value is -2.09. The maximum absolute atomic E-state index is 12.5. The molecule has 0 radical (unpaired) electrons. The molecule has 146 valence electrons. The van der Waals surface area contributed by atoms with E-state index in [1.807, 2.05) is 44.2 Å². The minimum absolute atomic E-state index is 0.0812. The Morgan fingerprint density at radius 2 is 1.56 bits per heavy atom. The Morgan fingerprint density at radius 3 is 2.22 bits per heavy atom. The van der Waals surface area contributed by atoms with Gasteiger partial charge in [-0.05, 0) is 49.2 Å². The third-order valence-electron chi connectivity index (χ3n) is 4.59. The molecule has 2 aromatic carbocycles. The van der Waals surface area contributed by atoms with Crippen molar-refractivity contribution in [2.24, 2.45) is 0 Å². The normalized spacial score (nSPS) is 14.0. The Balaban J connectivity index is 1.58. The molecule has 6 nitrogen and oxygen atoms in total. The van der Waals surface area contributed by atoms with Crippen molar-refractivity contribution in [1.82, 2.24) is 9.62 Å². The summed E-state index contributed by atoms with van der Waals surface area (Å²) in [7, 11) is -1.84. The second-order valence-corrected chi connectivity index (χ2v) is 8.84. The Bertz CT molecular complexity index is 879. The fourth-order valence-corrected chi connectivity index (χ4v) is 4.14. The highest BCUT2D eigenvalue weighted by Crippen LogP contribution is 2.30. The molecule has 7 heteroatoms. The van der Waals surface area contributed by atoms with Gasteiger partial charge in [-0.15, -0.1) is 0 Å². The summed E-state index contributed by atoms with van der Waals surface area (Å²) in [6.45, 7) is 6.21. The highest BCUT2D eigenvalue weighted by Gasteiger charge is 2.22. The van der Waals surface area contributed by atoms with Crippen molar-refractivity contribution in [3.8, 4) is 11.5 Å². The van der Waals surface area contributed by atoms with Crippen LogP contribution in [0.4, 0.5) is 0 Å². The predicted octanol–water partition coefficient (Wildman–Crippen LogP) is 2.78. The Kier molecular flexibility index (Phi) is 6.04. The summed E-state index contributed by atoms with van der Waals surface area (Å²) in [6, 6.07) is 12.9. The van der Waals surface area contributed by atoms with Crippen LogP contribution in [0.2, 0.25) is 0 Å². The molecule has 1 heterocycles. The average molecular weight is 391 g/mol. The molecule has 1 aliphatic heterocycles. The van der Waals surface area contributed by atoms with Gasteiger partial charge < -0.3 is 14.8 Å². The molecule has 27 heavy (non-hydrogen) atoms. The second kappa shape index (κ2) is 8.29. The van der Waals surface area contributed by atoms with Gasteiger partial charge in [0.05, 0.1) is 4.90 Å². The fourth-order valence-electron chi connectivity index (χ4n) is 2.77. The number of nitrogens with zero attached hydrogens (tertiary/aromatic N) is 1. The molecule has 1 aliphatic rings. The van der Waals surface area contributed by atoms with Gasteiger partial charge >= 0.3 is 0 Å². The van der Waals surface area contributed by atoms with Crippen molar-refractivity contribution in [2.45, 2.75) is 37.9 Å². The molecule has 0 unspecified atom stereocenters. The fraction of sp³-hybridized carbons (Fsp3) is 0.400. The van der Waals surface area contributed by atoms with E-state index in [0.29, 0.717) is 31.2 Å². The van der Waals surface area contributed by atoms with Gasteiger partial charge in [0, 0.05) is 26.2 Å². The van der Waals surface area contributed by atoms with Crippen LogP contribution in [0.1, 0.15) is 25.0 Å². The number of hydrogen-bond acceptors (Lipinski definition) is 5. The zero-order valence-electron chi connectivity index (χ0n) is 15.9. The van der Waals surface area contributed by atoms with Crippen molar-refractivity contribution in [3.63, 3.8) is 0 Å². The molecule has 0 spiro atoms. The van der Waals surface area contributed by atoms with E-state index in [1.165, 1.54) is 4.31 Å². The van der Waals surface area contributed by atoms with Gasteiger partial charge in [0.1, 0.15) is 13.2 Å². The summed E-state index contributed by atoms with van der Waals surface area (Å²) in [5.41, 5.74) is 2.13. The van der Waals surface area contributed by atoms with E-state index in [9.17, 15) is 8.42 Å². The molecule has 1 N–H and O–H groups in total. The number of fused-ring (bicyclic) bond motifs is 1. The molecule has 0 amide bonds.